The number of nitrogens with two attached hydrogens (primary N) is 1. The number of amides is 1. The van der Waals surface area contributed by atoms with Crippen LogP contribution in [0.1, 0.15) is 18.9 Å². The molecule has 1 aromatic carbocycles. The van der Waals surface area contributed by atoms with Gasteiger partial charge in [-0.15, -0.1) is 0 Å². The fourth-order valence-electron chi connectivity index (χ4n) is 1.64. The van der Waals surface area contributed by atoms with Crippen molar-refractivity contribution in [2.45, 2.75) is 20.3 Å². The van der Waals surface area contributed by atoms with E-state index >= 15 is 0 Å². The molecule has 94 valence electrons. The minimum absolute atomic E-state index is 0.0353. The van der Waals surface area contributed by atoms with Crippen LogP contribution in [0.15, 0.2) is 18.2 Å². The molecule has 0 aliphatic carbocycles. The first-order valence-electron chi connectivity index (χ1n) is 5.68. The van der Waals surface area contributed by atoms with Crippen LogP contribution in [-0.4, -0.2) is 19.6 Å². The van der Waals surface area contributed by atoms with E-state index in [1.54, 1.807) is 13.2 Å². The Morgan fingerprint density at radius 3 is 2.88 bits per heavy atom. The summed E-state index contributed by atoms with van der Waals surface area (Å²) in [5.74, 6) is 0.165. The van der Waals surface area contributed by atoms with Crippen molar-refractivity contribution in [3.05, 3.63) is 23.8 Å². The molecule has 1 amide bonds. The Hall–Kier alpha value is -1.55. The molecule has 1 rings (SSSR count). The average molecular weight is 236 g/mol. The van der Waals surface area contributed by atoms with Gasteiger partial charge < -0.3 is 15.8 Å². The van der Waals surface area contributed by atoms with E-state index in [9.17, 15) is 4.79 Å². The van der Waals surface area contributed by atoms with Gasteiger partial charge in [-0.05, 0) is 30.5 Å². The maximum atomic E-state index is 11.7. The Kier molecular flexibility index (Phi) is 4.97. The molecular formula is C13H20N2O2. The highest BCUT2D eigenvalue weighted by Crippen LogP contribution is 2.20. The van der Waals surface area contributed by atoms with E-state index in [2.05, 4.69) is 5.32 Å². The predicted octanol–water partition coefficient (Wildman–Crippen LogP) is 2.19. The van der Waals surface area contributed by atoms with Gasteiger partial charge in [-0.25, -0.2) is 0 Å². The molecule has 0 radical (unpaired) electrons. The highest BCUT2D eigenvalue weighted by atomic mass is 16.5. The second kappa shape index (κ2) is 6.25. The number of anilines is 2. The SMILES string of the molecule is COCC(C)CC(=O)Nc1cc(C)ccc1N. The molecule has 0 heterocycles. The fourth-order valence-corrected chi connectivity index (χ4v) is 1.64. The second-order valence-electron chi connectivity index (χ2n) is 4.40. The number of rotatable bonds is 5. The van der Waals surface area contributed by atoms with Crippen molar-refractivity contribution in [1.82, 2.24) is 0 Å². The van der Waals surface area contributed by atoms with Crippen LogP contribution < -0.4 is 11.1 Å². The maximum absolute atomic E-state index is 11.7. The number of aryl methyl sites for hydroxylation is 1. The molecule has 0 fully saturated rings. The van der Waals surface area contributed by atoms with Crippen LogP contribution in [0.5, 0.6) is 0 Å². The standard InChI is InChI=1S/C13H20N2O2/c1-9-4-5-11(14)12(6-9)15-13(16)7-10(2)8-17-3/h4-6,10H,7-8,14H2,1-3H3,(H,15,16). The summed E-state index contributed by atoms with van der Waals surface area (Å²) in [6, 6.07) is 5.58. The lowest BCUT2D eigenvalue weighted by molar-refractivity contribution is -0.117. The molecule has 17 heavy (non-hydrogen) atoms. The minimum Gasteiger partial charge on any atom is -0.397 e. The van der Waals surface area contributed by atoms with Gasteiger partial charge in [-0.3, -0.25) is 4.79 Å². The summed E-state index contributed by atoms with van der Waals surface area (Å²) in [6.07, 6.45) is 0.432. The molecule has 1 atom stereocenters. The van der Waals surface area contributed by atoms with Crippen molar-refractivity contribution in [2.24, 2.45) is 5.92 Å². The van der Waals surface area contributed by atoms with Gasteiger partial charge in [0.1, 0.15) is 0 Å². The number of hydrogen-bond donors (Lipinski definition) is 2. The third-order valence-corrected chi connectivity index (χ3v) is 2.47. The van der Waals surface area contributed by atoms with Gasteiger partial charge in [0.15, 0.2) is 0 Å². The third-order valence-electron chi connectivity index (χ3n) is 2.47. The number of carbonyl (C=O) groups is 1. The Balaban J connectivity index is 2.58. The molecule has 0 saturated carbocycles. The van der Waals surface area contributed by atoms with Crippen molar-refractivity contribution in [2.75, 3.05) is 24.8 Å². The van der Waals surface area contributed by atoms with Crippen LogP contribution >= 0.6 is 0 Å². The number of carbonyl (C=O) groups excluding carboxylic acids is 1. The van der Waals surface area contributed by atoms with Gasteiger partial charge in [0.25, 0.3) is 0 Å². The van der Waals surface area contributed by atoms with E-state index in [1.807, 2.05) is 26.0 Å². The molecule has 0 spiro atoms. The van der Waals surface area contributed by atoms with Crippen LogP contribution in [0.3, 0.4) is 0 Å². The quantitative estimate of drug-likeness (QED) is 0.770. The van der Waals surface area contributed by atoms with Crippen LogP contribution in [-0.2, 0) is 9.53 Å². The minimum atomic E-state index is -0.0353. The molecule has 0 aliphatic heterocycles. The molecule has 0 aliphatic rings. The first-order chi connectivity index (χ1) is 8.02. The van der Waals surface area contributed by atoms with Crippen LogP contribution in [0.25, 0.3) is 0 Å². The molecule has 4 nitrogen and oxygen atoms in total. The number of ether oxygens (including phenoxy) is 1. The Labute approximate surface area is 102 Å². The van der Waals surface area contributed by atoms with Gasteiger partial charge >= 0.3 is 0 Å². The van der Waals surface area contributed by atoms with Crippen molar-refractivity contribution in [3.63, 3.8) is 0 Å². The van der Waals surface area contributed by atoms with Crippen molar-refractivity contribution in [1.29, 1.82) is 0 Å². The third kappa shape index (κ3) is 4.44. The van der Waals surface area contributed by atoms with Crippen molar-refractivity contribution >= 4 is 17.3 Å². The Morgan fingerprint density at radius 1 is 1.53 bits per heavy atom. The second-order valence-corrected chi connectivity index (χ2v) is 4.40. The van der Waals surface area contributed by atoms with E-state index in [-0.39, 0.29) is 11.8 Å². The van der Waals surface area contributed by atoms with Gasteiger partial charge in [0, 0.05) is 20.1 Å². The summed E-state index contributed by atoms with van der Waals surface area (Å²) in [4.78, 5) is 11.7. The lowest BCUT2D eigenvalue weighted by Gasteiger charge is -2.12. The van der Waals surface area contributed by atoms with Gasteiger partial charge in [0.05, 0.1) is 11.4 Å². The zero-order valence-electron chi connectivity index (χ0n) is 10.6. The Morgan fingerprint density at radius 2 is 2.24 bits per heavy atom. The Bertz CT molecular complexity index is 391. The largest absolute Gasteiger partial charge is 0.397 e. The normalized spacial score (nSPS) is 12.2. The average Bonchev–Trinajstić information content (AvgIpc) is 2.23. The smallest absolute Gasteiger partial charge is 0.224 e. The van der Waals surface area contributed by atoms with Gasteiger partial charge in [-0.1, -0.05) is 13.0 Å². The summed E-state index contributed by atoms with van der Waals surface area (Å²) >= 11 is 0. The molecule has 4 heteroatoms. The van der Waals surface area contributed by atoms with Gasteiger partial charge in [-0.2, -0.15) is 0 Å². The summed E-state index contributed by atoms with van der Waals surface area (Å²) in [7, 11) is 1.63. The number of hydrogen-bond acceptors (Lipinski definition) is 3. The summed E-state index contributed by atoms with van der Waals surface area (Å²) in [5.41, 5.74) is 8.12. The number of nitrogens with one attached hydrogen (secondary N) is 1. The molecule has 0 saturated heterocycles. The summed E-state index contributed by atoms with van der Waals surface area (Å²) < 4.78 is 4.99. The molecule has 0 bridgehead atoms. The molecule has 1 aromatic rings. The maximum Gasteiger partial charge on any atom is 0.224 e. The van der Waals surface area contributed by atoms with Crippen LogP contribution in [0.4, 0.5) is 11.4 Å². The summed E-state index contributed by atoms with van der Waals surface area (Å²) in [6.45, 7) is 4.52. The molecular weight excluding hydrogens is 216 g/mol. The molecule has 3 N–H and O–H groups in total. The van der Waals surface area contributed by atoms with E-state index in [4.69, 9.17) is 10.5 Å². The monoisotopic (exact) mass is 236 g/mol. The van der Waals surface area contributed by atoms with E-state index in [1.165, 1.54) is 0 Å². The fraction of sp³-hybridized carbons (Fsp3) is 0.462. The van der Waals surface area contributed by atoms with Crippen molar-refractivity contribution < 1.29 is 9.53 Å². The number of nitrogen functional groups attached to an aromatic ring is 1. The predicted molar refractivity (Wildman–Crippen MR) is 69.9 cm³/mol. The zero-order chi connectivity index (χ0) is 12.8. The topological polar surface area (TPSA) is 64.3 Å². The first kappa shape index (κ1) is 13.5. The number of benzene rings is 1. The van der Waals surface area contributed by atoms with Gasteiger partial charge in [0.2, 0.25) is 5.91 Å². The molecule has 0 aromatic heterocycles. The van der Waals surface area contributed by atoms with E-state index in [0.717, 1.165) is 5.56 Å². The number of methoxy groups -OCH3 is 1. The lowest BCUT2D eigenvalue weighted by Crippen LogP contribution is -2.18. The lowest BCUT2D eigenvalue weighted by atomic mass is 10.1. The summed E-state index contributed by atoms with van der Waals surface area (Å²) in [5, 5.41) is 2.82. The highest BCUT2D eigenvalue weighted by molar-refractivity contribution is 5.94. The van der Waals surface area contributed by atoms with E-state index in [0.29, 0.717) is 24.4 Å². The first-order valence-corrected chi connectivity index (χ1v) is 5.68. The zero-order valence-corrected chi connectivity index (χ0v) is 10.6. The van der Waals surface area contributed by atoms with Crippen LogP contribution in [0.2, 0.25) is 0 Å². The highest BCUT2D eigenvalue weighted by Gasteiger charge is 2.10. The van der Waals surface area contributed by atoms with E-state index < -0.39 is 0 Å². The van der Waals surface area contributed by atoms with Crippen molar-refractivity contribution in [3.8, 4) is 0 Å². The van der Waals surface area contributed by atoms with Crippen LogP contribution in [0, 0.1) is 12.8 Å². The molecule has 1 unspecified atom stereocenters.